The van der Waals surface area contributed by atoms with Crippen LogP contribution in [-0.4, -0.2) is 7.72 Å². The summed E-state index contributed by atoms with van der Waals surface area (Å²) in [6.07, 6.45) is 0. The number of hydrogen-bond acceptors (Lipinski definition) is 1. The Labute approximate surface area is 65.9 Å². The Morgan fingerprint density at radius 2 is 1.40 bits per heavy atom. The normalized spacial score (nSPS) is 0.600. The van der Waals surface area contributed by atoms with Crippen molar-refractivity contribution < 1.29 is 58.3 Å². The van der Waals surface area contributed by atoms with E-state index < -0.39 is 0 Å². The predicted molar refractivity (Wildman–Crippen MR) is 7.55 cm³/mol. The van der Waals surface area contributed by atoms with Gasteiger partial charge in [0.05, 0.1) is 0 Å². The first-order chi connectivity index (χ1) is 1.00. The Kier molecular flexibility index (Phi) is 324. The molecule has 5 heteroatoms. The van der Waals surface area contributed by atoms with Gasteiger partial charge in [-0.15, -0.1) is 0 Å². The topological polar surface area (TPSA) is 17.1 Å². The van der Waals surface area contributed by atoms with Gasteiger partial charge in [0.2, 0.25) is 0 Å². The van der Waals surface area contributed by atoms with Crippen molar-refractivity contribution >= 4 is 7.72 Å². The largest absolute Gasteiger partial charge is 1.00 e. The van der Waals surface area contributed by atoms with E-state index >= 15 is 0 Å². The van der Waals surface area contributed by atoms with E-state index in [4.69, 9.17) is 4.70 Å². The second-order valence-electron chi connectivity index (χ2n) is 0. The summed E-state index contributed by atoms with van der Waals surface area (Å²) in [6, 6.07) is 0. The van der Waals surface area contributed by atoms with Crippen LogP contribution in [-0.2, 0) is 38.0 Å². The molecule has 0 amide bonds. The molecule has 0 spiro atoms. The zero-order valence-electron chi connectivity index (χ0n) is 3.64. The molecule has 0 aromatic heterocycles. The molecule has 0 fully saturated rings. The van der Waals surface area contributed by atoms with E-state index in [2.05, 4.69) is 7.72 Å². The molecule has 0 saturated carbocycles. The average molecular weight is 152 g/mol. The molecule has 2 radical (unpaired) electrons. The van der Waals surface area contributed by atoms with Crippen molar-refractivity contribution in [1.82, 2.24) is 0 Å². The van der Waals surface area contributed by atoms with Crippen molar-refractivity contribution in [3.05, 3.63) is 0 Å². The van der Waals surface area contributed by atoms with Crippen LogP contribution >= 0.6 is 0 Å². The molecule has 0 aliphatic rings. The summed E-state index contributed by atoms with van der Waals surface area (Å²) in [5.41, 5.74) is 0. The zero-order chi connectivity index (χ0) is 2.00. The fraction of sp³-hybridized carbons (Fsp3) is 0. The molecule has 0 bridgehead atoms. The molecule has 0 aromatic carbocycles. The maximum Gasteiger partial charge on any atom is 1.00 e. The third-order valence-electron chi connectivity index (χ3n) is 0. The van der Waals surface area contributed by atoms with E-state index in [1.807, 2.05) is 0 Å². The van der Waals surface area contributed by atoms with Crippen LogP contribution in [0.5, 0.6) is 0 Å². The van der Waals surface area contributed by atoms with E-state index in [9.17, 15) is 0 Å². The molecule has 0 aromatic rings. The third-order valence-corrected chi connectivity index (χ3v) is 0. The minimum absolute atomic E-state index is 0. The van der Waals surface area contributed by atoms with E-state index in [0.29, 0.717) is 0 Å². The molecule has 1 nitrogen and oxygen atoms in total. The van der Waals surface area contributed by atoms with Crippen LogP contribution in [0.4, 0.5) is 0 Å². The van der Waals surface area contributed by atoms with Crippen molar-refractivity contribution in [2.75, 3.05) is 0 Å². The van der Waals surface area contributed by atoms with Gasteiger partial charge in [-0.3, -0.25) is 0 Å². The van der Waals surface area contributed by atoms with Gasteiger partial charge in [0.25, 0.3) is 0 Å². The maximum atomic E-state index is 7.75. The smallest absolute Gasteiger partial charge is 1.00 e. The van der Waals surface area contributed by atoms with Crippen LogP contribution in [0.3, 0.4) is 0 Å². The molecule has 30 valence electrons. The van der Waals surface area contributed by atoms with Crippen LogP contribution in [0.25, 0.3) is 0 Å². The molecule has 0 N–H and O–H groups in total. The van der Waals surface area contributed by atoms with Crippen molar-refractivity contribution in [3.8, 4) is 0 Å². The van der Waals surface area contributed by atoms with E-state index in [1.54, 1.807) is 0 Å². The van der Waals surface area contributed by atoms with Crippen molar-refractivity contribution in [3.63, 3.8) is 0 Å². The van der Waals surface area contributed by atoms with Gasteiger partial charge in [-0.25, -0.2) is 0 Å². The number of rotatable bonds is 0. The van der Waals surface area contributed by atoms with Crippen LogP contribution in [0, 0.1) is 0 Å². The summed E-state index contributed by atoms with van der Waals surface area (Å²) in [5, 5.41) is 0. The number of hydrogen-bond donors (Lipinski definition) is 0. The Hall–Kier alpha value is 1.46. The first-order valence-corrected chi connectivity index (χ1v) is 0.236. The van der Waals surface area contributed by atoms with Gasteiger partial charge in [0, 0.05) is 33.3 Å². The molecule has 0 unspecified atom stereocenters. The molecule has 0 rings (SSSR count). The quantitative estimate of drug-likeness (QED) is 0.331. The Morgan fingerprint density at radius 1 is 1.40 bits per heavy atom. The summed E-state index contributed by atoms with van der Waals surface area (Å²) in [6.45, 7) is 0. The summed E-state index contributed by atoms with van der Waals surface area (Å²) in [7, 11) is 3.25. The SMILES string of the molecule is [B]=O.[Co].[H-].[Li+].[Ni]. The van der Waals surface area contributed by atoms with Gasteiger partial charge < -0.3 is 1.43 Å². The molecular weight excluding hydrogens is 151 g/mol. The zero-order valence-corrected chi connectivity index (χ0v) is 4.66. The van der Waals surface area contributed by atoms with E-state index in [0.717, 1.165) is 0 Å². The standard InChI is InChI=1S/BO.Co.Li.Ni.H/c1-2;;;;/q;;+1;;-1. The molecule has 5 heavy (non-hydrogen) atoms. The van der Waals surface area contributed by atoms with E-state index in [1.165, 1.54) is 0 Å². The predicted octanol–water partition coefficient (Wildman–Crippen LogP) is -3.39. The van der Waals surface area contributed by atoms with Crippen molar-refractivity contribution in [2.45, 2.75) is 0 Å². The van der Waals surface area contributed by atoms with E-state index in [-0.39, 0.29) is 53.6 Å². The van der Waals surface area contributed by atoms with Gasteiger partial charge >= 0.3 is 31.3 Å². The second kappa shape index (κ2) is 50.9. The fourth-order valence-electron chi connectivity index (χ4n) is 0. The van der Waals surface area contributed by atoms with Crippen LogP contribution in [0.1, 0.15) is 1.43 Å². The van der Waals surface area contributed by atoms with Crippen LogP contribution in [0.2, 0.25) is 0 Å². The van der Waals surface area contributed by atoms with Gasteiger partial charge in [0.1, 0.15) is 0 Å². The Balaban J connectivity index is -0.000000000833. The first kappa shape index (κ1) is 31.8. The molecule has 0 aliphatic carbocycles. The molecule has 0 heterocycles. The second-order valence-corrected chi connectivity index (χ2v) is 0. The van der Waals surface area contributed by atoms with Crippen LogP contribution < -0.4 is 18.9 Å². The maximum absolute atomic E-state index is 7.75. The third kappa shape index (κ3) is 30.6. The van der Waals surface area contributed by atoms with Gasteiger partial charge in [-0.05, 0) is 0 Å². The summed E-state index contributed by atoms with van der Waals surface area (Å²) in [4.78, 5) is 0. The minimum atomic E-state index is 0. The Morgan fingerprint density at radius 3 is 1.40 bits per heavy atom. The summed E-state index contributed by atoms with van der Waals surface area (Å²) in [5.74, 6) is 0. The van der Waals surface area contributed by atoms with Gasteiger partial charge in [0.15, 0.2) is 0 Å². The Bertz CT molecular complexity index is 15.5. The minimum Gasteiger partial charge on any atom is -1.00 e. The van der Waals surface area contributed by atoms with Crippen LogP contribution in [0.15, 0.2) is 0 Å². The van der Waals surface area contributed by atoms with Gasteiger partial charge in [-0.2, -0.15) is 0 Å². The summed E-state index contributed by atoms with van der Waals surface area (Å²) >= 11 is 0. The molecule has 0 atom stereocenters. The molecule has 0 saturated heterocycles. The molecular formula is HBCoLiNiO. The summed E-state index contributed by atoms with van der Waals surface area (Å²) < 4.78 is 7.75. The average Bonchev–Trinajstić information content (AvgIpc) is 1.00. The molecule has 0 aliphatic heterocycles. The fourth-order valence-corrected chi connectivity index (χ4v) is 0. The monoisotopic (exact) mass is 152 g/mol. The van der Waals surface area contributed by atoms with Crippen molar-refractivity contribution in [2.24, 2.45) is 0 Å². The van der Waals surface area contributed by atoms with Gasteiger partial charge in [-0.1, -0.05) is 0 Å². The first-order valence-electron chi connectivity index (χ1n) is 0.236. The van der Waals surface area contributed by atoms with Crippen molar-refractivity contribution in [1.29, 1.82) is 0 Å².